The van der Waals surface area contributed by atoms with Crippen molar-refractivity contribution in [2.75, 3.05) is 20.2 Å². The number of likely N-dealkylation sites (tertiary alicyclic amines) is 1. The van der Waals surface area contributed by atoms with Gasteiger partial charge in [0.15, 0.2) is 0 Å². The average Bonchev–Trinajstić information content (AvgIpc) is 3.25. The van der Waals surface area contributed by atoms with E-state index in [-0.39, 0.29) is 0 Å². The summed E-state index contributed by atoms with van der Waals surface area (Å²) < 4.78 is 5.38. The number of rotatable bonds is 7. The van der Waals surface area contributed by atoms with Gasteiger partial charge in [0.2, 0.25) is 0 Å². The predicted octanol–water partition coefficient (Wildman–Crippen LogP) is 4.34. The Morgan fingerprint density at radius 1 is 1.48 bits per heavy atom. The highest BCUT2D eigenvalue weighted by Crippen LogP contribution is 2.28. The summed E-state index contributed by atoms with van der Waals surface area (Å²) in [6.45, 7) is 7.72. The molecular formula is C21H27N3O. The fourth-order valence-corrected chi connectivity index (χ4v) is 3.61. The number of allylic oxidation sites excluding steroid dienone is 3. The summed E-state index contributed by atoms with van der Waals surface area (Å²) in [4.78, 5) is 10.1. The third-order valence-electron chi connectivity index (χ3n) is 4.98. The molecular weight excluding hydrogens is 310 g/mol. The fourth-order valence-electron chi connectivity index (χ4n) is 3.61. The predicted molar refractivity (Wildman–Crippen MR) is 106 cm³/mol. The molecule has 2 aromatic rings. The van der Waals surface area contributed by atoms with Crippen molar-refractivity contribution in [3.63, 3.8) is 0 Å². The molecule has 0 radical (unpaired) electrons. The topological polar surface area (TPSA) is 40.6 Å². The van der Waals surface area contributed by atoms with E-state index in [0.29, 0.717) is 6.04 Å². The molecule has 4 nitrogen and oxygen atoms in total. The highest BCUT2D eigenvalue weighted by molar-refractivity contribution is 5.84. The molecule has 0 bridgehead atoms. The number of H-pyrrole nitrogens is 1. The highest BCUT2D eigenvalue weighted by Gasteiger charge is 2.26. The molecule has 1 N–H and O–H groups in total. The van der Waals surface area contributed by atoms with Crippen LogP contribution in [-0.2, 0) is 6.42 Å². The Balaban J connectivity index is 1.76. The normalized spacial score (nSPS) is 19.1. The van der Waals surface area contributed by atoms with Crippen molar-refractivity contribution in [1.82, 2.24) is 9.88 Å². The Morgan fingerprint density at radius 2 is 2.36 bits per heavy atom. The van der Waals surface area contributed by atoms with Crippen LogP contribution in [0.1, 0.15) is 25.3 Å². The van der Waals surface area contributed by atoms with Gasteiger partial charge in [0, 0.05) is 29.7 Å². The zero-order chi connectivity index (χ0) is 17.6. The van der Waals surface area contributed by atoms with Gasteiger partial charge in [0.1, 0.15) is 5.75 Å². The molecule has 0 saturated carbocycles. The van der Waals surface area contributed by atoms with Crippen molar-refractivity contribution in [3.8, 4) is 5.75 Å². The van der Waals surface area contributed by atoms with Gasteiger partial charge < -0.3 is 9.72 Å². The molecule has 2 heterocycles. The summed E-state index contributed by atoms with van der Waals surface area (Å²) in [5, 5.41) is 1.26. The number of aliphatic imine (C=N–C) groups is 1. The molecule has 1 unspecified atom stereocenters. The fraction of sp³-hybridized carbons (Fsp3) is 0.381. The number of hydrogen-bond acceptors (Lipinski definition) is 3. The molecule has 25 heavy (non-hydrogen) atoms. The number of aromatic amines is 1. The molecule has 1 saturated heterocycles. The lowest BCUT2D eigenvalue weighted by Crippen LogP contribution is -2.32. The zero-order valence-electron chi connectivity index (χ0n) is 15.2. The van der Waals surface area contributed by atoms with Gasteiger partial charge in [-0.1, -0.05) is 12.2 Å². The lowest BCUT2D eigenvalue weighted by Gasteiger charge is -2.24. The number of benzene rings is 1. The first-order valence-electron chi connectivity index (χ1n) is 8.91. The van der Waals surface area contributed by atoms with Crippen molar-refractivity contribution in [3.05, 3.63) is 53.9 Å². The Morgan fingerprint density at radius 3 is 3.12 bits per heavy atom. The quantitative estimate of drug-likeness (QED) is 0.603. The second-order valence-corrected chi connectivity index (χ2v) is 6.54. The van der Waals surface area contributed by atoms with Gasteiger partial charge in [-0.2, -0.15) is 0 Å². The lowest BCUT2D eigenvalue weighted by atomic mass is 10.0. The van der Waals surface area contributed by atoms with Crippen molar-refractivity contribution in [2.24, 2.45) is 4.99 Å². The van der Waals surface area contributed by atoms with Crippen LogP contribution < -0.4 is 4.74 Å². The first-order chi connectivity index (χ1) is 12.2. The SMILES string of the molecule is C=N/C(=C\C=C/C)CN1CCCC1Cc1c[nH]c2ccc(OC)cc12. The molecule has 0 spiro atoms. The minimum absolute atomic E-state index is 0.543. The van der Waals surface area contributed by atoms with Crippen LogP contribution >= 0.6 is 0 Å². The molecule has 1 aliphatic rings. The first-order valence-corrected chi connectivity index (χ1v) is 8.91. The standard InChI is InChI=1S/C21H27N3O/c1-4-5-7-17(22-2)15-24-11-6-8-18(24)12-16-14-23-21-10-9-19(25-3)13-20(16)21/h4-5,7,9-10,13-14,18,23H,2,6,8,11-12,15H2,1,3H3/b5-4-,17-7-. The van der Waals surface area contributed by atoms with Gasteiger partial charge in [-0.05, 0) is 69.3 Å². The van der Waals surface area contributed by atoms with Gasteiger partial charge in [0.25, 0.3) is 0 Å². The summed E-state index contributed by atoms with van der Waals surface area (Å²) in [5.41, 5.74) is 3.56. The van der Waals surface area contributed by atoms with Crippen molar-refractivity contribution in [2.45, 2.75) is 32.2 Å². The molecule has 3 rings (SSSR count). The number of nitrogens with one attached hydrogen (secondary N) is 1. The zero-order valence-corrected chi connectivity index (χ0v) is 15.2. The van der Waals surface area contributed by atoms with E-state index in [2.05, 4.69) is 46.0 Å². The average molecular weight is 337 g/mol. The first kappa shape index (κ1) is 17.5. The minimum Gasteiger partial charge on any atom is -0.497 e. The van der Waals surface area contributed by atoms with Gasteiger partial charge in [0.05, 0.1) is 12.8 Å². The molecule has 0 aliphatic carbocycles. The number of nitrogens with zero attached hydrogens (tertiary/aromatic N) is 2. The maximum atomic E-state index is 5.38. The van der Waals surface area contributed by atoms with Crippen LogP contribution in [0.25, 0.3) is 10.9 Å². The largest absolute Gasteiger partial charge is 0.497 e. The van der Waals surface area contributed by atoms with Crippen molar-refractivity contribution < 1.29 is 4.74 Å². The molecule has 0 amide bonds. The lowest BCUT2D eigenvalue weighted by molar-refractivity contribution is 0.273. The summed E-state index contributed by atoms with van der Waals surface area (Å²) in [6, 6.07) is 6.76. The number of fused-ring (bicyclic) bond motifs is 1. The summed E-state index contributed by atoms with van der Waals surface area (Å²) in [5.74, 6) is 0.907. The van der Waals surface area contributed by atoms with Gasteiger partial charge in [-0.25, -0.2) is 0 Å². The van der Waals surface area contributed by atoms with Crippen molar-refractivity contribution >= 4 is 17.6 Å². The maximum Gasteiger partial charge on any atom is 0.119 e. The third-order valence-corrected chi connectivity index (χ3v) is 4.98. The van der Waals surface area contributed by atoms with Gasteiger partial charge in [-0.3, -0.25) is 9.89 Å². The van der Waals surface area contributed by atoms with Crippen LogP contribution in [0.3, 0.4) is 0 Å². The van der Waals surface area contributed by atoms with Crippen LogP contribution in [0.5, 0.6) is 5.75 Å². The third kappa shape index (κ3) is 4.02. The van der Waals surface area contributed by atoms with Crippen LogP contribution in [0, 0.1) is 0 Å². The molecule has 1 aliphatic heterocycles. The molecule has 1 fully saturated rings. The second kappa shape index (κ2) is 8.17. The highest BCUT2D eigenvalue weighted by atomic mass is 16.5. The van der Waals surface area contributed by atoms with E-state index < -0.39 is 0 Å². The molecule has 1 aromatic carbocycles. The smallest absolute Gasteiger partial charge is 0.119 e. The Labute approximate surface area is 149 Å². The monoisotopic (exact) mass is 337 g/mol. The van der Waals surface area contributed by atoms with E-state index in [4.69, 9.17) is 4.74 Å². The summed E-state index contributed by atoms with van der Waals surface area (Å²) >= 11 is 0. The van der Waals surface area contributed by atoms with E-state index in [1.165, 1.54) is 29.3 Å². The van der Waals surface area contributed by atoms with E-state index in [0.717, 1.165) is 31.0 Å². The molecule has 132 valence electrons. The number of aromatic nitrogens is 1. The summed E-state index contributed by atoms with van der Waals surface area (Å²) in [7, 11) is 1.72. The van der Waals surface area contributed by atoms with E-state index in [1.54, 1.807) is 7.11 Å². The van der Waals surface area contributed by atoms with Crippen LogP contribution in [0.2, 0.25) is 0 Å². The van der Waals surface area contributed by atoms with Crippen LogP contribution in [0.15, 0.2) is 53.3 Å². The molecule has 1 atom stereocenters. The number of hydrogen-bond donors (Lipinski definition) is 1. The summed E-state index contributed by atoms with van der Waals surface area (Å²) in [6.07, 6.45) is 11.8. The Bertz CT molecular complexity index is 788. The number of ether oxygens (including phenoxy) is 1. The van der Waals surface area contributed by atoms with Crippen LogP contribution in [-0.4, -0.2) is 42.8 Å². The number of methoxy groups -OCH3 is 1. The molecule has 4 heteroatoms. The Kier molecular flexibility index (Phi) is 5.71. The second-order valence-electron chi connectivity index (χ2n) is 6.54. The Hall–Kier alpha value is -2.33. The van der Waals surface area contributed by atoms with Gasteiger partial charge in [-0.15, -0.1) is 0 Å². The van der Waals surface area contributed by atoms with E-state index >= 15 is 0 Å². The van der Waals surface area contributed by atoms with E-state index in [9.17, 15) is 0 Å². The van der Waals surface area contributed by atoms with E-state index in [1.807, 2.05) is 25.1 Å². The molecule has 1 aromatic heterocycles. The van der Waals surface area contributed by atoms with Crippen LogP contribution in [0.4, 0.5) is 0 Å². The maximum absolute atomic E-state index is 5.38. The minimum atomic E-state index is 0.543. The van der Waals surface area contributed by atoms with Gasteiger partial charge >= 0.3 is 0 Å². The van der Waals surface area contributed by atoms with Crippen molar-refractivity contribution in [1.29, 1.82) is 0 Å².